The second kappa shape index (κ2) is 3.56. The van der Waals surface area contributed by atoms with E-state index in [4.69, 9.17) is 0 Å². The van der Waals surface area contributed by atoms with Gasteiger partial charge in [-0.15, -0.1) is 0 Å². The summed E-state index contributed by atoms with van der Waals surface area (Å²) >= 11 is 15.4. The summed E-state index contributed by atoms with van der Waals surface area (Å²) in [6.07, 6.45) is 0. The highest BCUT2D eigenvalue weighted by Gasteiger charge is 2.63. The molecule has 1 aromatic rings. The molecule has 0 aliphatic heterocycles. The van der Waals surface area contributed by atoms with E-state index in [-0.39, 0.29) is 4.32 Å². The van der Waals surface area contributed by atoms with Gasteiger partial charge in [0.1, 0.15) is 0 Å². The lowest BCUT2D eigenvalue weighted by Crippen LogP contribution is -2.32. The Balaban J connectivity index is 2.27. The third kappa shape index (κ3) is 1.23. The Hall–Kier alpha value is 1.14. The average molecular weight is 460 g/mol. The highest BCUT2D eigenvalue weighted by atomic mass is 79.9. The predicted octanol–water partition coefficient (Wildman–Crippen LogP) is 4.68. The number of hydrogen-bond acceptors (Lipinski definition) is 0. The van der Waals surface area contributed by atoms with Crippen LogP contribution in [0.5, 0.6) is 0 Å². The van der Waals surface area contributed by atoms with Gasteiger partial charge < -0.3 is 0 Å². The van der Waals surface area contributed by atoms with Crippen LogP contribution >= 0.6 is 63.7 Å². The lowest BCUT2D eigenvalue weighted by molar-refractivity contribution is 0.730. The topological polar surface area (TPSA) is 0 Å². The Morgan fingerprint density at radius 1 is 1.00 bits per heavy atom. The zero-order valence-electron chi connectivity index (χ0n) is 7.63. The lowest BCUT2D eigenvalue weighted by atomic mass is 9.92. The average Bonchev–Trinajstić information content (AvgIpc) is 2.56. The van der Waals surface area contributed by atoms with Gasteiger partial charge in [-0.3, -0.25) is 0 Å². The third-order valence-electron chi connectivity index (χ3n) is 3.47. The molecule has 2 aliphatic carbocycles. The Labute approximate surface area is 123 Å². The number of halogens is 4. The molecule has 0 nitrogen and oxygen atoms in total. The molecule has 5 atom stereocenters. The van der Waals surface area contributed by atoms with Gasteiger partial charge in [-0.25, -0.2) is 0 Å². The molecule has 1 fully saturated rings. The van der Waals surface area contributed by atoms with Crippen molar-refractivity contribution in [3.63, 3.8) is 0 Å². The van der Waals surface area contributed by atoms with Crippen LogP contribution in [0.3, 0.4) is 0 Å². The monoisotopic (exact) mass is 456 g/mol. The first-order valence-corrected chi connectivity index (χ1v) is 8.33. The van der Waals surface area contributed by atoms with Crippen molar-refractivity contribution in [2.75, 3.05) is 0 Å². The summed E-state index contributed by atoms with van der Waals surface area (Å²) < 4.78 is 0.0302. The van der Waals surface area contributed by atoms with Crippen molar-refractivity contribution in [3.8, 4) is 0 Å². The molecule has 2 bridgehead atoms. The molecule has 80 valence electrons. The minimum atomic E-state index is 0.0302. The van der Waals surface area contributed by atoms with Crippen LogP contribution in [-0.4, -0.2) is 14.5 Å². The summed E-state index contributed by atoms with van der Waals surface area (Å²) in [7, 11) is 0. The fraction of sp³-hybridized carbons (Fsp3) is 0.455. The van der Waals surface area contributed by atoms with Crippen molar-refractivity contribution >= 4 is 63.7 Å². The first-order valence-electron chi connectivity index (χ1n) is 4.79. The molecule has 1 aromatic carbocycles. The standard InChI is InChI=1S/C11H8Br4/c12-8-7-5-3-1-2-4-6(5)11(15,9(7)13)10(8)14/h1-4,7-10H/t7-,8-,9?,10-,11+/m0/s1. The van der Waals surface area contributed by atoms with Gasteiger partial charge in [-0.05, 0) is 11.1 Å². The van der Waals surface area contributed by atoms with Gasteiger partial charge in [0.2, 0.25) is 0 Å². The fourth-order valence-corrected chi connectivity index (χ4v) is 7.81. The fourth-order valence-electron chi connectivity index (χ4n) is 2.75. The molecule has 2 aliphatic rings. The molecule has 1 saturated carbocycles. The molecule has 3 rings (SSSR count). The normalized spacial score (nSPS) is 46.9. The summed E-state index contributed by atoms with van der Waals surface area (Å²) in [5.74, 6) is 0.546. The molecule has 0 saturated heterocycles. The Bertz CT molecular complexity index is 419. The van der Waals surface area contributed by atoms with Gasteiger partial charge in [-0.1, -0.05) is 88.0 Å². The van der Waals surface area contributed by atoms with Crippen molar-refractivity contribution in [3.05, 3.63) is 35.4 Å². The van der Waals surface area contributed by atoms with E-state index in [1.165, 1.54) is 11.1 Å². The highest BCUT2D eigenvalue weighted by Crippen LogP contribution is 2.66. The number of fused-ring (bicyclic) bond motifs is 5. The Morgan fingerprint density at radius 3 is 2.40 bits per heavy atom. The SMILES string of the molecule is BrC1[C@H]2c3ccccc3[C@]1(Br)[C@@H](Br)[C@H]2Br. The second-order valence-electron chi connectivity index (χ2n) is 4.13. The van der Waals surface area contributed by atoms with Gasteiger partial charge in [-0.2, -0.15) is 0 Å². The third-order valence-corrected chi connectivity index (χ3v) is 10.5. The molecule has 4 heteroatoms. The van der Waals surface area contributed by atoms with Crippen LogP contribution < -0.4 is 0 Å². The van der Waals surface area contributed by atoms with Crippen LogP contribution in [-0.2, 0) is 4.32 Å². The molecule has 0 amide bonds. The molecule has 0 spiro atoms. The van der Waals surface area contributed by atoms with Gasteiger partial charge in [0.25, 0.3) is 0 Å². The molecule has 15 heavy (non-hydrogen) atoms. The van der Waals surface area contributed by atoms with E-state index < -0.39 is 0 Å². The number of benzene rings is 1. The summed E-state index contributed by atoms with van der Waals surface area (Å²) in [5.41, 5.74) is 2.89. The van der Waals surface area contributed by atoms with E-state index in [1.54, 1.807) is 0 Å². The van der Waals surface area contributed by atoms with Crippen LogP contribution in [0.1, 0.15) is 17.0 Å². The molecule has 0 radical (unpaired) electrons. The van der Waals surface area contributed by atoms with E-state index in [0.717, 1.165) is 0 Å². The van der Waals surface area contributed by atoms with E-state index in [1.807, 2.05) is 0 Å². The molecular weight excluding hydrogens is 452 g/mol. The Kier molecular flexibility index (Phi) is 2.67. The quantitative estimate of drug-likeness (QED) is 0.494. The number of hydrogen-bond donors (Lipinski definition) is 0. The minimum Gasteiger partial charge on any atom is -0.0871 e. The molecule has 0 heterocycles. The zero-order chi connectivity index (χ0) is 10.8. The smallest absolute Gasteiger partial charge is 0.0775 e. The van der Waals surface area contributed by atoms with Crippen molar-refractivity contribution < 1.29 is 0 Å². The first-order chi connectivity index (χ1) is 7.08. The minimum absolute atomic E-state index is 0.0302. The van der Waals surface area contributed by atoms with Crippen molar-refractivity contribution in [2.24, 2.45) is 0 Å². The van der Waals surface area contributed by atoms with E-state index in [9.17, 15) is 0 Å². The molecule has 0 aromatic heterocycles. The molecule has 0 N–H and O–H groups in total. The van der Waals surface area contributed by atoms with E-state index >= 15 is 0 Å². The zero-order valence-corrected chi connectivity index (χ0v) is 14.0. The summed E-state index contributed by atoms with van der Waals surface area (Å²) in [4.78, 5) is 1.36. The maximum Gasteiger partial charge on any atom is 0.0775 e. The predicted molar refractivity (Wildman–Crippen MR) is 77.9 cm³/mol. The maximum absolute atomic E-state index is 3.93. The Morgan fingerprint density at radius 2 is 1.67 bits per heavy atom. The van der Waals surface area contributed by atoms with Gasteiger partial charge >= 0.3 is 0 Å². The molecule has 1 unspecified atom stereocenters. The van der Waals surface area contributed by atoms with Crippen molar-refractivity contribution in [1.82, 2.24) is 0 Å². The highest BCUT2D eigenvalue weighted by molar-refractivity contribution is 9.14. The number of alkyl halides is 4. The molecular formula is C11H8Br4. The van der Waals surface area contributed by atoms with Gasteiger partial charge in [0.05, 0.1) is 4.32 Å². The summed E-state index contributed by atoms with van der Waals surface area (Å²) in [6, 6.07) is 8.71. The van der Waals surface area contributed by atoms with Crippen LogP contribution in [0.2, 0.25) is 0 Å². The largest absolute Gasteiger partial charge is 0.0871 e. The van der Waals surface area contributed by atoms with Crippen LogP contribution in [0, 0.1) is 0 Å². The van der Waals surface area contributed by atoms with Crippen LogP contribution in [0.25, 0.3) is 0 Å². The van der Waals surface area contributed by atoms with Crippen LogP contribution in [0.15, 0.2) is 24.3 Å². The summed E-state index contributed by atoms with van der Waals surface area (Å²) in [5, 5.41) is 0. The van der Waals surface area contributed by atoms with Gasteiger partial charge in [0, 0.05) is 20.4 Å². The first kappa shape index (κ1) is 11.2. The van der Waals surface area contributed by atoms with E-state index in [0.29, 0.717) is 20.4 Å². The summed E-state index contributed by atoms with van der Waals surface area (Å²) in [6.45, 7) is 0. The van der Waals surface area contributed by atoms with E-state index in [2.05, 4.69) is 88.0 Å². The number of rotatable bonds is 0. The van der Waals surface area contributed by atoms with Crippen molar-refractivity contribution in [1.29, 1.82) is 0 Å². The second-order valence-corrected chi connectivity index (χ2v) is 8.47. The lowest BCUT2D eigenvalue weighted by Gasteiger charge is -2.31. The van der Waals surface area contributed by atoms with Gasteiger partial charge in [0.15, 0.2) is 0 Å². The van der Waals surface area contributed by atoms with Crippen LogP contribution in [0.4, 0.5) is 0 Å². The maximum atomic E-state index is 3.93. The van der Waals surface area contributed by atoms with Crippen molar-refractivity contribution in [2.45, 2.75) is 24.7 Å².